The molecule has 0 saturated heterocycles. The molecule has 0 fully saturated rings. The summed E-state index contributed by atoms with van der Waals surface area (Å²) in [4.78, 5) is 22.0. The molecule has 1 aromatic rings. The molecule has 19 heavy (non-hydrogen) atoms. The van der Waals surface area contributed by atoms with Gasteiger partial charge >= 0.3 is 5.97 Å². The number of ether oxygens (including phenoxy) is 3. The molecule has 1 unspecified atom stereocenters. The lowest BCUT2D eigenvalue weighted by molar-refractivity contribution is -0.122. The molecule has 1 aliphatic heterocycles. The summed E-state index contributed by atoms with van der Waals surface area (Å²) in [5.74, 6) is -1.31. The van der Waals surface area contributed by atoms with E-state index in [0.717, 1.165) is 0 Å². The summed E-state index contributed by atoms with van der Waals surface area (Å²) >= 11 is 0. The molecule has 0 saturated carbocycles. The van der Waals surface area contributed by atoms with E-state index in [2.05, 4.69) is 0 Å². The SMILES string of the molecule is CC(COc1cc2c(cc1C(=O)O)OCO2)C(N)=O. The van der Waals surface area contributed by atoms with Crippen LogP contribution in [0.2, 0.25) is 0 Å². The molecule has 2 rings (SSSR count). The molecule has 0 aliphatic carbocycles. The van der Waals surface area contributed by atoms with Crippen LogP contribution in [0, 0.1) is 5.92 Å². The Morgan fingerprint density at radius 2 is 2.05 bits per heavy atom. The van der Waals surface area contributed by atoms with Gasteiger partial charge in [-0.3, -0.25) is 4.79 Å². The highest BCUT2D eigenvalue weighted by molar-refractivity contribution is 5.92. The predicted octanol–water partition coefficient (Wildman–Crippen LogP) is 0.614. The Morgan fingerprint density at radius 1 is 1.42 bits per heavy atom. The van der Waals surface area contributed by atoms with E-state index in [1.165, 1.54) is 12.1 Å². The molecule has 1 aromatic carbocycles. The lowest BCUT2D eigenvalue weighted by Crippen LogP contribution is -2.26. The van der Waals surface area contributed by atoms with Gasteiger partial charge in [-0.25, -0.2) is 4.79 Å². The van der Waals surface area contributed by atoms with Gasteiger partial charge in [-0.05, 0) is 0 Å². The van der Waals surface area contributed by atoms with Crippen LogP contribution in [0.15, 0.2) is 12.1 Å². The summed E-state index contributed by atoms with van der Waals surface area (Å²) in [5.41, 5.74) is 5.05. The maximum Gasteiger partial charge on any atom is 0.339 e. The van der Waals surface area contributed by atoms with Crippen molar-refractivity contribution in [2.45, 2.75) is 6.92 Å². The second-order valence-corrected chi connectivity index (χ2v) is 4.12. The van der Waals surface area contributed by atoms with Gasteiger partial charge in [0.05, 0.1) is 12.5 Å². The van der Waals surface area contributed by atoms with Gasteiger partial charge < -0.3 is 25.1 Å². The second-order valence-electron chi connectivity index (χ2n) is 4.12. The minimum Gasteiger partial charge on any atom is -0.492 e. The number of carbonyl (C=O) groups excluding carboxylic acids is 1. The zero-order valence-electron chi connectivity index (χ0n) is 10.2. The average molecular weight is 267 g/mol. The van der Waals surface area contributed by atoms with Crippen LogP contribution in [0.1, 0.15) is 17.3 Å². The molecule has 1 amide bonds. The Labute approximate surface area is 108 Å². The number of carboxylic acids is 1. The quantitative estimate of drug-likeness (QED) is 0.809. The van der Waals surface area contributed by atoms with Gasteiger partial charge in [-0.15, -0.1) is 0 Å². The Bertz CT molecular complexity index is 527. The third-order valence-electron chi connectivity index (χ3n) is 2.68. The van der Waals surface area contributed by atoms with E-state index in [-0.39, 0.29) is 24.7 Å². The molecule has 1 heterocycles. The van der Waals surface area contributed by atoms with Gasteiger partial charge in [0, 0.05) is 12.1 Å². The van der Waals surface area contributed by atoms with Crippen molar-refractivity contribution in [3.63, 3.8) is 0 Å². The summed E-state index contributed by atoms with van der Waals surface area (Å²) in [5, 5.41) is 9.10. The van der Waals surface area contributed by atoms with E-state index in [4.69, 9.17) is 25.1 Å². The number of benzene rings is 1. The number of carbonyl (C=O) groups is 2. The number of hydrogen-bond acceptors (Lipinski definition) is 5. The smallest absolute Gasteiger partial charge is 0.339 e. The first-order chi connectivity index (χ1) is 8.99. The molecule has 0 aromatic heterocycles. The maximum atomic E-state index is 11.1. The fourth-order valence-corrected chi connectivity index (χ4v) is 1.51. The number of amides is 1. The average Bonchev–Trinajstić information content (AvgIpc) is 2.81. The number of aromatic carboxylic acids is 1. The molecule has 3 N–H and O–H groups in total. The zero-order valence-corrected chi connectivity index (χ0v) is 10.2. The van der Waals surface area contributed by atoms with Crippen molar-refractivity contribution in [2.75, 3.05) is 13.4 Å². The van der Waals surface area contributed by atoms with Crippen LogP contribution in [0.5, 0.6) is 17.2 Å². The zero-order chi connectivity index (χ0) is 14.0. The predicted molar refractivity (Wildman–Crippen MR) is 63.4 cm³/mol. The van der Waals surface area contributed by atoms with Crippen LogP contribution in [-0.2, 0) is 4.79 Å². The van der Waals surface area contributed by atoms with Crippen molar-refractivity contribution in [3.05, 3.63) is 17.7 Å². The van der Waals surface area contributed by atoms with Crippen molar-refractivity contribution in [1.82, 2.24) is 0 Å². The largest absolute Gasteiger partial charge is 0.492 e. The van der Waals surface area contributed by atoms with Crippen LogP contribution in [0.3, 0.4) is 0 Å². The molecule has 0 radical (unpaired) electrons. The van der Waals surface area contributed by atoms with Gasteiger partial charge in [-0.1, -0.05) is 6.92 Å². The van der Waals surface area contributed by atoms with Crippen molar-refractivity contribution in [1.29, 1.82) is 0 Å². The van der Waals surface area contributed by atoms with E-state index in [1.54, 1.807) is 6.92 Å². The number of nitrogens with two attached hydrogens (primary N) is 1. The molecule has 7 nitrogen and oxygen atoms in total. The lowest BCUT2D eigenvalue weighted by Gasteiger charge is -2.12. The number of primary amides is 1. The van der Waals surface area contributed by atoms with E-state index >= 15 is 0 Å². The van der Waals surface area contributed by atoms with Gasteiger partial charge in [-0.2, -0.15) is 0 Å². The van der Waals surface area contributed by atoms with Gasteiger partial charge in [0.2, 0.25) is 12.7 Å². The van der Waals surface area contributed by atoms with Crippen molar-refractivity contribution in [2.24, 2.45) is 11.7 Å². The Hall–Kier alpha value is -2.44. The monoisotopic (exact) mass is 267 g/mol. The first-order valence-corrected chi connectivity index (χ1v) is 5.58. The normalized spacial score (nSPS) is 13.9. The Balaban J connectivity index is 2.23. The lowest BCUT2D eigenvalue weighted by atomic mass is 10.1. The van der Waals surface area contributed by atoms with Gasteiger partial charge in [0.15, 0.2) is 11.5 Å². The standard InChI is InChI=1S/C12H13NO6/c1-6(11(13)14)4-17-8-3-10-9(18-5-19-10)2-7(8)12(15)16/h2-3,6H,4-5H2,1H3,(H2,13,14)(H,15,16). The van der Waals surface area contributed by atoms with Gasteiger partial charge in [0.1, 0.15) is 11.3 Å². The second kappa shape index (κ2) is 5.05. The van der Waals surface area contributed by atoms with Gasteiger partial charge in [0.25, 0.3) is 0 Å². The van der Waals surface area contributed by atoms with Crippen molar-refractivity contribution >= 4 is 11.9 Å². The van der Waals surface area contributed by atoms with E-state index in [1.807, 2.05) is 0 Å². The molecular formula is C12H13NO6. The summed E-state index contributed by atoms with van der Waals surface area (Å²) in [6.45, 7) is 1.63. The topological polar surface area (TPSA) is 108 Å². The first kappa shape index (κ1) is 13.0. The highest BCUT2D eigenvalue weighted by atomic mass is 16.7. The molecule has 7 heteroatoms. The minimum absolute atomic E-state index is 0.00471. The fourth-order valence-electron chi connectivity index (χ4n) is 1.51. The molecular weight excluding hydrogens is 254 g/mol. The number of fused-ring (bicyclic) bond motifs is 1. The van der Waals surface area contributed by atoms with Crippen LogP contribution >= 0.6 is 0 Å². The maximum absolute atomic E-state index is 11.1. The molecule has 102 valence electrons. The molecule has 0 bridgehead atoms. The number of carboxylic acid groups (broad SMARTS) is 1. The first-order valence-electron chi connectivity index (χ1n) is 5.58. The number of rotatable bonds is 5. The summed E-state index contributed by atoms with van der Waals surface area (Å²) in [7, 11) is 0. The van der Waals surface area contributed by atoms with E-state index in [0.29, 0.717) is 11.5 Å². The molecule has 1 atom stereocenters. The Kier molecular flexibility index (Phi) is 3.46. The molecule has 0 spiro atoms. The summed E-state index contributed by atoms with van der Waals surface area (Å²) < 4.78 is 15.6. The van der Waals surface area contributed by atoms with Crippen molar-refractivity contribution < 1.29 is 28.9 Å². The fraction of sp³-hybridized carbons (Fsp3) is 0.333. The highest BCUT2D eigenvalue weighted by Crippen LogP contribution is 2.38. The van der Waals surface area contributed by atoms with Crippen LogP contribution in [0.4, 0.5) is 0 Å². The highest BCUT2D eigenvalue weighted by Gasteiger charge is 2.22. The van der Waals surface area contributed by atoms with Crippen LogP contribution in [0.25, 0.3) is 0 Å². The minimum atomic E-state index is -1.15. The summed E-state index contributed by atoms with van der Waals surface area (Å²) in [6.07, 6.45) is 0. The van der Waals surface area contributed by atoms with E-state index < -0.39 is 17.8 Å². The van der Waals surface area contributed by atoms with E-state index in [9.17, 15) is 9.59 Å². The third-order valence-corrected chi connectivity index (χ3v) is 2.68. The van der Waals surface area contributed by atoms with Crippen LogP contribution < -0.4 is 19.9 Å². The Morgan fingerprint density at radius 3 is 2.63 bits per heavy atom. The molecule has 1 aliphatic rings. The third kappa shape index (κ3) is 2.70. The number of hydrogen-bond donors (Lipinski definition) is 2. The van der Waals surface area contributed by atoms with Crippen LogP contribution in [-0.4, -0.2) is 30.4 Å². The summed E-state index contributed by atoms with van der Waals surface area (Å²) in [6, 6.07) is 2.76. The van der Waals surface area contributed by atoms with Crippen molar-refractivity contribution in [3.8, 4) is 17.2 Å².